The molecule has 4 rings (SSSR count). The zero-order valence-corrected chi connectivity index (χ0v) is 16.2. The smallest absolute Gasteiger partial charge is 0.261 e. The number of nitrogens with zero attached hydrogens (tertiary/aromatic N) is 1. The summed E-state index contributed by atoms with van der Waals surface area (Å²) in [5.74, 6) is -2.18. The number of hydrogen-bond donors (Lipinski definition) is 0. The van der Waals surface area contributed by atoms with Crippen LogP contribution >= 0.6 is 0 Å². The largest absolute Gasteiger partial charge is 0.294 e. The van der Waals surface area contributed by atoms with E-state index in [0.29, 0.717) is 22.3 Å². The van der Waals surface area contributed by atoms with Gasteiger partial charge in [-0.2, -0.15) is 0 Å². The number of benzene rings is 3. The van der Waals surface area contributed by atoms with Crippen LogP contribution in [0, 0.1) is 5.92 Å². The maximum Gasteiger partial charge on any atom is 0.261 e. The van der Waals surface area contributed by atoms with Crippen LogP contribution in [0.15, 0.2) is 84.9 Å². The molecule has 0 aromatic heterocycles. The third-order valence-corrected chi connectivity index (χ3v) is 5.24. The van der Waals surface area contributed by atoms with Gasteiger partial charge in [-0.05, 0) is 12.1 Å². The van der Waals surface area contributed by atoms with E-state index in [-0.39, 0.29) is 24.5 Å². The Kier molecular flexibility index (Phi) is 5.35. The van der Waals surface area contributed by atoms with Crippen molar-refractivity contribution < 1.29 is 19.2 Å². The molecule has 5 nitrogen and oxygen atoms in total. The highest BCUT2D eigenvalue weighted by atomic mass is 16.2. The van der Waals surface area contributed by atoms with E-state index in [1.807, 2.05) is 6.07 Å². The summed E-state index contributed by atoms with van der Waals surface area (Å²) in [5.41, 5.74) is 1.58. The Morgan fingerprint density at radius 1 is 0.667 bits per heavy atom. The number of carbonyl (C=O) groups excluding carboxylic acids is 4. The molecule has 1 heterocycles. The van der Waals surface area contributed by atoms with E-state index in [1.165, 1.54) is 0 Å². The molecule has 0 aliphatic carbocycles. The van der Waals surface area contributed by atoms with Crippen LogP contribution in [0.25, 0.3) is 0 Å². The van der Waals surface area contributed by atoms with E-state index in [4.69, 9.17) is 0 Å². The maximum atomic E-state index is 13.2. The van der Waals surface area contributed by atoms with Gasteiger partial charge < -0.3 is 0 Å². The summed E-state index contributed by atoms with van der Waals surface area (Å²) in [7, 11) is 0. The minimum Gasteiger partial charge on any atom is -0.294 e. The second-order valence-electron chi connectivity index (χ2n) is 7.19. The lowest BCUT2D eigenvalue weighted by Crippen LogP contribution is -2.38. The van der Waals surface area contributed by atoms with Crippen molar-refractivity contribution in [3.8, 4) is 0 Å². The van der Waals surface area contributed by atoms with Gasteiger partial charge in [-0.25, -0.2) is 0 Å². The fourth-order valence-corrected chi connectivity index (χ4v) is 3.67. The van der Waals surface area contributed by atoms with Crippen molar-refractivity contribution in [2.75, 3.05) is 6.54 Å². The molecule has 2 amide bonds. The first-order chi connectivity index (χ1) is 14.6. The monoisotopic (exact) mass is 397 g/mol. The van der Waals surface area contributed by atoms with Crippen molar-refractivity contribution in [3.63, 3.8) is 0 Å². The third-order valence-electron chi connectivity index (χ3n) is 5.24. The molecule has 3 aromatic carbocycles. The van der Waals surface area contributed by atoms with E-state index in [2.05, 4.69) is 0 Å². The van der Waals surface area contributed by atoms with Gasteiger partial charge in [-0.15, -0.1) is 0 Å². The molecule has 1 unspecified atom stereocenters. The second-order valence-corrected chi connectivity index (χ2v) is 7.19. The van der Waals surface area contributed by atoms with Crippen LogP contribution in [-0.2, 0) is 0 Å². The topological polar surface area (TPSA) is 71.5 Å². The van der Waals surface area contributed by atoms with Crippen LogP contribution in [0.2, 0.25) is 0 Å². The van der Waals surface area contributed by atoms with Gasteiger partial charge in [0.1, 0.15) is 0 Å². The number of imide groups is 1. The Bertz CT molecular complexity index is 1090. The summed E-state index contributed by atoms with van der Waals surface area (Å²) in [5, 5.41) is 0. The molecule has 5 heteroatoms. The summed E-state index contributed by atoms with van der Waals surface area (Å²) in [6.07, 6.45) is -0.0921. The first kappa shape index (κ1) is 19.5. The maximum absolute atomic E-state index is 13.2. The molecule has 3 aromatic rings. The molecule has 148 valence electrons. The van der Waals surface area contributed by atoms with Gasteiger partial charge in [0.15, 0.2) is 11.6 Å². The zero-order chi connectivity index (χ0) is 21.1. The van der Waals surface area contributed by atoms with Crippen molar-refractivity contribution in [2.45, 2.75) is 6.42 Å². The molecule has 0 saturated carbocycles. The normalized spacial score (nSPS) is 13.8. The molecule has 0 spiro atoms. The summed E-state index contributed by atoms with van der Waals surface area (Å²) >= 11 is 0. The van der Waals surface area contributed by atoms with Crippen LogP contribution in [-0.4, -0.2) is 34.8 Å². The molecule has 0 bridgehead atoms. The number of rotatable bonds is 7. The predicted molar refractivity (Wildman–Crippen MR) is 111 cm³/mol. The molecule has 1 aliphatic rings. The molecule has 1 aliphatic heterocycles. The Labute approximate surface area is 174 Å². The highest BCUT2D eigenvalue weighted by molar-refractivity contribution is 6.21. The van der Waals surface area contributed by atoms with Crippen molar-refractivity contribution in [1.29, 1.82) is 0 Å². The molecule has 30 heavy (non-hydrogen) atoms. The average Bonchev–Trinajstić information content (AvgIpc) is 3.04. The molecular formula is C25H19NO4. The summed E-state index contributed by atoms with van der Waals surface area (Å²) in [4.78, 5) is 52.6. The van der Waals surface area contributed by atoms with Crippen LogP contribution in [0.5, 0.6) is 0 Å². The Morgan fingerprint density at radius 2 is 1.13 bits per heavy atom. The van der Waals surface area contributed by atoms with Crippen LogP contribution in [0.3, 0.4) is 0 Å². The van der Waals surface area contributed by atoms with E-state index in [1.54, 1.807) is 78.9 Å². The lowest BCUT2D eigenvalue weighted by molar-refractivity contribution is 0.0604. The number of carbonyl (C=O) groups is 4. The van der Waals surface area contributed by atoms with E-state index in [9.17, 15) is 19.2 Å². The lowest BCUT2D eigenvalue weighted by atomic mass is 9.90. The Balaban J connectivity index is 1.62. The van der Waals surface area contributed by atoms with Gasteiger partial charge in [-0.3, -0.25) is 24.1 Å². The van der Waals surface area contributed by atoms with Crippen molar-refractivity contribution in [2.24, 2.45) is 5.92 Å². The molecule has 0 N–H and O–H groups in total. The molecular weight excluding hydrogens is 378 g/mol. The SMILES string of the molecule is O=C(CC(CN1C(=O)c2ccccc2C1=O)C(=O)c1ccccc1)c1ccccc1. The van der Waals surface area contributed by atoms with Crippen molar-refractivity contribution in [1.82, 2.24) is 4.90 Å². The highest BCUT2D eigenvalue weighted by Crippen LogP contribution is 2.26. The van der Waals surface area contributed by atoms with Crippen molar-refractivity contribution >= 4 is 23.4 Å². The third kappa shape index (κ3) is 3.70. The number of amides is 2. The predicted octanol–water partition coefficient (Wildman–Crippen LogP) is 4.05. The first-order valence-electron chi connectivity index (χ1n) is 9.69. The van der Waals surface area contributed by atoms with Crippen LogP contribution in [0.4, 0.5) is 0 Å². The molecule has 0 radical (unpaired) electrons. The van der Waals surface area contributed by atoms with E-state index >= 15 is 0 Å². The fourth-order valence-electron chi connectivity index (χ4n) is 3.67. The van der Waals surface area contributed by atoms with E-state index < -0.39 is 17.7 Å². The highest BCUT2D eigenvalue weighted by Gasteiger charge is 2.38. The van der Waals surface area contributed by atoms with Crippen molar-refractivity contribution in [3.05, 3.63) is 107 Å². The quantitative estimate of drug-likeness (QED) is 0.445. The fraction of sp³-hybridized carbons (Fsp3) is 0.120. The summed E-state index contributed by atoms with van der Waals surface area (Å²) in [6.45, 7) is -0.140. The molecule has 0 saturated heterocycles. The molecule has 0 fully saturated rings. The minimum atomic E-state index is -0.831. The average molecular weight is 397 g/mol. The minimum absolute atomic E-state index is 0.0921. The van der Waals surface area contributed by atoms with Gasteiger partial charge in [0.2, 0.25) is 0 Å². The lowest BCUT2D eigenvalue weighted by Gasteiger charge is -2.21. The van der Waals surface area contributed by atoms with Gasteiger partial charge >= 0.3 is 0 Å². The van der Waals surface area contributed by atoms with Gasteiger partial charge in [0, 0.05) is 30.0 Å². The number of hydrogen-bond acceptors (Lipinski definition) is 4. The number of Topliss-reactive ketones (excluding diaryl/α,β-unsaturated/α-hetero) is 2. The van der Waals surface area contributed by atoms with Crippen LogP contribution in [0.1, 0.15) is 47.9 Å². The Morgan fingerprint density at radius 3 is 1.67 bits per heavy atom. The number of fused-ring (bicyclic) bond motifs is 1. The summed E-state index contributed by atoms with van der Waals surface area (Å²) in [6, 6.07) is 23.9. The zero-order valence-electron chi connectivity index (χ0n) is 16.2. The van der Waals surface area contributed by atoms with Gasteiger partial charge in [0.05, 0.1) is 11.1 Å². The number of ketones is 2. The Hall–Kier alpha value is -3.86. The van der Waals surface area contributed by atoms with Crippen LogP contribution < -0.4 is 0 Å². The first-order valence-corrected chi connectivity index (χ1v) is 9.69. The molecule has 1 atom stereocenters. The second kappa shape index (κ2) is 8.25. The standard InChI is InChI=1S/C25H19NO4/c27-22(17-9-3-1-4-10-17)15-19(23(28)18-11-5-2-6-12-18)16-26-24(29)20-13-7-8-14-21(20)25(26)30/h1-14,19H,15-16H2. The van der Waals surface area contributed by atoms with E-state index in [0.717, 1.165) is 4.90 Å². The van der Waals surface area contributed by atoms with Gasteiger partial charge in [0.25, 0.3) is 11.8 Å². The summed E-state index contributed by atoms with van der Waals surface area (Å²) < 4.78 is 0. The van der Waals surface area contributed by atoms with Gasteiger partial charge in [-0.1, -0.05) is 72.8 Å².